The van der Waals surface area contributed by atoms with Crippen LogP contribution >= 0.6 is 0 Å². The molecule has 1 aromatic heterocycles. The molecule has 2 N–H and O–H groups in total. The average molecular weight is 284 g/mol. The van der Waals surface area contributed by atoms with Crippen molar-refractivity contribution in [2.45, 2.75) is 39.0 Å². The van der Waals surface area contributed by atoms with Crippen LogP contribution in [0.15, 0.2) is 24.5 Å². The summed E-state index contributed by atoms with van der Waals surface area (Å²) in [6, 6.07) is 5.88. The highest BCUT2D eigenvalue weighted by atomic mass is 15.2. The fourth-order valence-corrected chi connectivity index (χ4v) is 3.39. The molecule has 0 aliphatic carbocycles. The number of anilines is 2. The van der Waals surface area contributed by atoms with Crippen LogP contribution in [0.3, 0.4) is 0 Å². The monoisotopic (exact) mass is 284 g/mol. The van der Waals surface area contributed by atoms with E-state index in [1.807, 2.05) is 18.2 Å². The van der Waals surface area contributed by atoms with Crippen LogP contribution in [0.5, 0.6) is 0 Å². The summed E-state index contributed by atoms with van der Waals surface area (Å²) in [6.45, 7) is 4.45. The van der Waals surface area contributed by atoms with Crippen molar-refractivity contribution in [1.29, 1.82) is 0 Å². The fourth-order valence-electron chi connectivity index (χ4n) is 3.39. The van der Waals surface area contributed by atoms with Gasteiger partial charge >= 0.3 is 0 Å². The van der Waals surface area contributed by atoms with Crippen molar-refractivity contribution in [3.8, 4) is 0 Å². The van der Waals surface area contributed by atoms with E-state index in [1.54, 1.807) is 6.33 Å². The number of rotatable bonds is 3. The summed E-state index contributed by atoms with van der Waals surface area (Å²) in [5, 5.41) is 1.08. The van der Waals surface area contributed by atoms with Crippen LogP contribution in [0, 0.1) is 5.92 Å². The summed E-state index contributed by atoms with van der Waals surface area (Å²) in [4.78, 5) is 11.3. The second-order valence-electron chi connectivity index (χ2n) is 6.05. The molecule has 4 heteroatoms. The number of fused-ring (bicyclic) bond motifs is 1. The van der Waals surface area contributed by atoms with Crippen LogP contribution in [0.4, 0.5) is 11.5 Å². The van der Waals surface area contributed by atoms with E-state index in [1.165, 1.54) is 32.1 Å². The normalized spacial score (nSPS) is 19.7. The van der Waals surface area contributed by atoms with Gasteiger partial charge < -0.3 is 10.6 Å². The summed E-state index contributed by atoms with van der Waals surface area (Å²) in [5.74, 6) is 1.92. The molecule has 1 atom stereocenters. The predicted molar refractivity (Wildman–Crippen MR) is 88.4 cm³/mol. The molecule has 1 saturated heterocycles. The number of hydrogen-bond donors (Lipinski definition) is 1. The van der Waals surface area contributed by atoms with Crippen molar-refractivity contribution < 1.29 is 0 Å². The molecule has 3 rings (SSSR count). The van der Waals surface area contributed by atoms with Gasteiger partial charge in [-0.2, -0.15) is 0 Å². The van der Waals surface area contributed by atoms with Gasteiger partial charge in [-0.3, -0.25) is 0 Å². The van der Waals surface area contributed by atoms with Crippen LogP contribution in [-0.4, -0.2) is 23.1 Å². The Morgan fingerprint density at radius 1 is 1.24 bits per heavy atom. The smallest absolute Gasteiger partial charge is 0.139 e. The summed E-state index contributed by atoms with van der Waals surface area (Å²) in [5.41, 5.74) is 7.69. The Bertz CT molecular complexity index is 611. The van der Waals surface area contributed by atoms with Gasteiger partial charge in [0.15, 0.2) is 0 Å². The maximum atomic E-state index is 5.94. The van der Waals surface area contributed by atoms with E-state index >= 15 is 0 Å². The zero-order chi connectivity index (χ0) is 14.7. The van der Waals surface area contributed by atoms with E-state index in [-0.39, 0.29) is 0 Å². The van der Waals surface area contributed by atoms with E-state index < -0.39 is 0 Å². The summed E-state index contributed by atoms with van der Waals surface area (Å²) >= 11 is 0. The molecule has 2 heterocycles. The maximum absolute atomic E-state index is 5.94. The number of nitrogen functional groups attached to an aromatic ring is 1. The molecule has 1 aliphatic rings. The first-order valence-electron chi connectivity index (χ1n) is 8.03. The zero-order valence-corrected chi connectivity index (χ0v) is 12.8. The minimum absolute atomic E-state index is 0.775. The van der Waals surface area contributed by atoms with Crippen molar-refractivity contribution in [1.82, 2.24) is 9.97 Å². The quantitative estimate of drug-likeness (QED) is 0.875. The van der Waals surface area contributed by atoms with Crippen molar-refractivity contribution in [2.24, 2.45) is 5.92 Å². The highest BCUT2D eigenvalue weighted by Crippen LogP contribution is 2.29. The van der Waals surface area contributed by atoms with Crippen molar-refractivity contribution in [3.05, 3.63) is 24.5 Å². The first-order valence-corrected chi connectivity index (χ1v) is 8.03. The van der Waals surface area contributed by atoms with Gasteiger partial charge in [-0.15, -0.1) is 0 Å². The number of hydrogen-bond acceptors (Lipinski definition) is 4. The second kappa shape index (κ2) is 6.29. The Kier molecular flexibility index (Phi) is 4.23. The lowest BCUT2D eigenvalue weighted by Gasteiger charge is -2.23. The second-order valence-corrected chi connectivity index (χ2v) is 6.05. The van der Waals surface area contributed by atoms with Gasteiger partial charge in [0.2, 0.25) is 0 Å². The predicted octanol–water partition coefficient (Wildman–Crippen LogP) is 3.62. The first-order chi connectivity index (χ1) is 10.3. The lowest BCUT2D eigenvalue weighted by Crippen LogP contribution is -2.25. The molecule has 0 spiro atoms. The number of nitrogens with zero attached hydrogens (tertiary/aromatic N) is 3. The van der Waals surface area contributed by atoms with Crippen LogP contribution < -0.4 is 10.6 Å². The summed E-state index contributed by atoms with van der Waals surface area (Å²) in [6.07, 6.45) is 8.17. The Morgan fingerprint density at radius 3 is 3.00 bits per heavy atom. The third-order valence-electron chi connectivity index (χ3n) is 4.48. The molecule has 1 aliphatic heterocycles. The first kappa shape index (κ1) is 14.1. The fraction of sp³-hybridized carbons (Fsp3) is 0.529. The van der Waals surface area contributed by atoms with Crippen LogP contribution in [-0.2, 0) is 0 Å². The zero-order valence-electron chi connectivity index (χ0n) is 12.8. The summed E-state index contributed by atoms with van der Waals surface area (Å²) < 4.78 is 0. The molecule has 0 saturated carbocycles. The van der Waals surface area contributed by atoms with Gasteiger partial charge in [0.05, 0.1) is 5.52 Å². The van der Waals surface area contributed by atoms with Gasteiger partial charge in [-0.05, 0) is 43.4 Å². The third kappa shape index (κ3) is 3.09. The Balaban J connectivity index is 1.88. The Morgan fingerprint density at radius 2 is 2.14 bits per heavy atom. The van der Waals surface area contributed by atoms with Gasteiger partial charge in [-0.25, -0.2) is 9.97 Å². The standard InChI is InChI=1S/C17H24N4/c1-2-4-13-5-3-9-21(10-8-13)17-15-11-14(18)6-7-16(15)19-12-20-17/h6-7,11-13H,2-5,8-10,18H2,1H3. The molecule has 0 amide bonds. The largest absolute Gasteiger partial charge is 0.399 e. The Hall–Kier alpha value is -1.84. The molecule has 4 nitrogen and oxygen atoms in total. The van der Waals surface area contributed by atoms with Crippen LogP contribution in [0.25, 0.3) is 10.9 Å². The van der Waals surface area contributed by atoms with E-state index in [9.17, 15) is 0 Å². The molecule has 1 fully saturated rings. The van der Waals surface area contributed by atoms with E-state index in [0.717, 1.165) is 41.4 Å². The molecular formula is C17H24N4. The molecule has 1 unspecified atom stereocenters. The topological polar surface area (TPSA) is 55.0 Å². The number of aromatic nitrogens is 2. The molecule has 0 bridgehead atoms. The third-order valence-corrected chi connectivity index (χ3v) is 4.48. The van der Waals surface area contributed by atoms with E-state index in [2.05, 4.69) is 21.8 Å². The molecule has 1 aromatic carbocycles. The van der Waals surface area contributed by atoms with Crippen LogP contribution in [0.1, 0.15) is 39.0 Å². The van der Waals surface area contributed by atoms with Crippen molar-refractivity contribution in [3.63, 3.8) is 0 Å². The lowest BCUT2D eigenvalue weighted by atomic mass is 9.96. The molecule has 0 radical (unpaired) electrons. The van der Waals surface area contributed by atoms with Crippen molar-refractivity contribution in [2.75, 3.05) is 23.7 Å². The number of benzene rings is 1. The number of nitrogens with two attached hydrogens (primary N) is 1. The van der Waals surface area contributed by atoms with Gasteiger partial charge in [0.25, 0.3) is 0 Å². The highest BCUT2D eigenvalue weighted by molar-refractivity contribution is 5.91. The Labute approximate surface area is 126 Å². The van der Waals surface area contributed by atoms with Crippen molar-refractivity contribution >= 4 is 22.4 Å². The maximum Gasteiger partial charge on any atom is 0.139 e. The minimum atomic E-state index is 0.775. The van der Waals surface area contributed by atoms with Gasteiger partial charge in [-0.1, -0.05) is 19.8 Å². The minimum Gasteiger partial charge on any atom is -0.399 e. The lowest BCUT2D eigenvalue weighted by molar-refractivity contribution is 0.435. The van der Waals surface area contributed by atoms with Gasteiger partial charge in [0.1, 0.15) is 12.1 Å². The molecular weight excluding hydrogens is 260 g/mol. The van der Waals surface area contributed by atoms with E-state index in [0.29, 0.717) is 0 Å². The van der Waals surface area contributed by atoms with Gasteiger partial charge in [0, 0.05) is 24.2 Å². The molecule has 112 valence electrons. The molecule has 21 heavy (non-hydrogen) atoms. The van der Waals surface area contributed by atoms with Crippen LogP contribution in [0.2, 0.25) is 0 Å². The SMILES string of the molecule is CCCC1CCCN(c2ncnc3ccc(N)cc23)CC1. The highest BCUT2D eigenvalue weighted by Gasteiger charge is 2.19. The average Bonchev–Trinajstić information content (AvgIpc) is 2.73. The van der Waals surface area contributed by atoms with E-state index in [4.69, 9.17) is 5.73 Å². The summed E-state index contributed by atoms with van der Waals surface area (Å²) in [7, 11) is 0. The molecule has 2 aromatic rings.